The Balaban J connectivity index is 2.04. The summed E-state index contributed by atoms with van der Waals surface area (Å²) >= 11 is 0. The monoisotopic (exact) mass is 231 g/mol. The number of nitrogens with zero attached hydrogens (tertiary/aromatic N) is 2. The Kier molecular flexibility index (Phi) is 3.49. The highest BCUT2D eigenvalue weighted by atomic mass is 16.5. The van der Waals surface area contributed by atoms with Crippen LogP contribution in [0.25, 0.3) is 11.4 Å². The maximum absolute atomic E-state index is 11.0. The van der Waals surface area contributed by atoms with Gasteiger partial charge in [0.2, 0.25) is 0 Å². The number of rotatable bonds is 4. The van der Waals surface area contributed by atoms with Crippen molar-refractivity contribution in [1.29, 1.82) is 0 Å². The second-order valence-corrected chi connectivity index (χ2v) is 3.55. The summed E-state index contributed by atoms with van der Waals surface area (Å²) in [7, 11) is 1.37. The van der Waals surface area contributed by atoms with Crippen molar-refractivity contribution in [3.8, 4) is 11.4 Å². The molecule has 1 aromatic carbocycles. The SMILES string of the molecule is COC(=O)CCc1nc(-c2ccccc2)n[nH]1. The van der Waals surface area contributed by atoms with Gasteiger partial charge >= 0.3 is 5.97 Å². The molecule has 0 aliphatic rings. The van der Waals surface area contributed by atoms with Crippen molar-refractivity contribution >= 4 is 5.97 Å². The lowest BCUT2D eigenvalue weighted by Gasteiger charge is -1.95. The van der Waals surface area contributed by atoms with Crippen LogP contribution >= 0.6 is 0 Å². The zero-order valence-corrected chi connectivity index (χ0v) is 9.51. The predicted molar refractivity (Wildman–Crippen MR) is 62.2 cm³/mol. The Bertz CT molecular complexity index is 493. The molecule has 0 saturated heterocycles. The molecule has 0 radical (unpaired) electrons. The number of ether oxygens (including phenoxy) is 1. The molecule has 0 unspecified atom stereocenters. The molecule has 0 aliphatic heterocycles. The van der Waals surface area contributed by atoms with Crippen molar-refractivity contribution in [3.05, 3.63) is 36.2 Å². The molecule has 1 aromatic heterocycles. The first-order valence-corrected chi connectivity index (χ1v) is 5.33. The maximum atomic E-state index is 11.0. The number of benzene rings is 1. The lowest BCUT2D eigenvalue weighted by atomic mass is 10.2. The highest BCUT2D eigenvalue weighted by Crippen LogP contribution is 2.13. The van der Waals surface area contributed by atoms with Crippen molar-refractivity contribution in [3.63, 3.8) is 0 Å². The molecular weight excluding hydrogens is 218 g/mol. The summed E-state index contributed by atoms with van der Waals surface area (Å²) in [6, 6.07) is 9.68. The van der Waals surface area contributed by atoms with Crippen LogP contribution < -0.4 is 0 Å². The number of hydrogen-bond donors (Lipinski definition) is 1. The molecule has 1 heterocycles. The van der Waals surface area contributed by atoms with Gasteiger partial charge in [0.25, 0.3) is 0 Å². The van der Waals surface area contributed by atoms with Gasteiger partial charge in [-0.3, -0.25) is 9.89 Å². The molecule has 2 rings (SSSR count). The van der Waals surface area contributed by atoms with Crippen LogP contribution in [0.5, 0.6) is 0 Å². The van der Waals surface area contributed by atoms with Gasteiger partial charge in [-0.15, -0.1) is 0 Å². The zero-order valence-electron chi connectivity index (χ0n) is 9.51. The summed E-state index contributed by atoms with van der Waals surface area (Å²) < 4.78 is 4.56. The number of hydrogen-bond acceptors (Lipinski definition) is 4. The Morgan fingerprint density at radius 3 is 2.82 bits per heavy atom. The van der Waals surface area contributed by atoms with E-state index in [0.717, 1.165) is 5.56 Å². The van der Waals surface area contributed by atoms with E-state index in [1.54, 1.807) is 0 Å². The number of nitrogens with one attached hydrogen (secondary N) is 1. The summed E-state index contributed by atoms with van der Waals surface area (Å²) in [4.78, 5) is 15.3. The first kappa shape index (κ1) is 11.3. The fourth-order valence-electron chi connectivity index (χ4n) is 1.45. The number of aromatic amines is 1. The Labute approximate surface area is 98.8 Å². The fraction of sp³-hybridized carbons (Fsp3) is 0.250. The molecule has 0 spiro atoms. The molecule has 17 heavy (non-hydrogen) atoms. The zero-order chi connectivity index (χ0) is 12.1. The minimum Gasteiger partial charge on any atom is -0.469 e. The number of carbonyl (C=O) groups is 1. The Morgan fingerprint density at radius 1 is 1.35 bits per heavy atom. The van der Waals surface area contributed by atoms with Crippen molar-refractivity contribution in [2.24, 2.45) is 0 Å². The highest BCUT2D eigenvalue weighted by Gasteiger charge is 2.07. The van der Waals surface area contributed by atoms with Crippen LogP contribution in [0.1, 0.15) is 12.2 Å². The average molecular weight is 231 g/mol. The van der Waals surface area contributed by atoms with Crippen molar-refractivity contribution in [1.82, 2.24) is 15.2 Å². The second-order valence-electron chi connectivity index (χ2n) is 3.55. The van der Waals surface area contributed by atoms with Crippen molar-refractivity contribution < 1.29 is 9.53 Å². The lowest BCUT2D eigenvalue weighted by Crippen LogP contribution is -2.02. The molecule has 2 aromatic rings. The molecule has 88 valence electrons. The summed E-state index contributed by atoms with van der Waals surface area (Å²) in [6.45, 7) is 0. The smallest absolute Gasteiger partial charge is 0.305 e. The largest absolute Gasteiger partial charge is 0.469 e. The van der Waals surface area contributed by atoms with E-state index in [0.29, 0.717) is 24.5 Å². The van der Waals surface area contributed by atoms with Gasteiger partial charge in [0.15, 0.2) is 5.82 Å². The third kappa shape index (κ3) is 2.90. The summed E-state index contributed by atoms with van der Waals surface area (Å²) in [6.07, 6.45) is 0.812. The minimum absolute atomic E-state index is 0.248. The number of H-pyrrole nitrogens is 1. The standard InChI is InChI=1S/C12H13N3O2/c1-17-11(16)8-7-10-13-12(15-14-10)9-5-3-2-4-6-9/h2-6H,7-8H2,1H3,(H,13,14,15). The summed E-state index contributed by atoms with van der Waals surface area (Å²) in [5, 5.41) is 6.92. The van der Waals surface area contributed by atoms with Crippen LogP contribution in [0.2, 0.25) is 0 Å². The van der Waals surface area contributed by atoms with E-state index in [1.807, 2.05) is 30.3 Å². The van der Waals surface area contributed by atoms with E-state index in [4.69, 9.17) is 0 Å². The lowest BCUT2D eigenvalue weighted by molar-refractivity contribution is -0.140. The van der Waals surface area contributed by atoms with Crippen LogP contribution in [0.15, 0.2) is 30.3 Å². The van der Waals surface area contributed by atoms with E-state index < -0.39 is 0 Å². The van der Waals surface area contributed by atoms with Crippen LogP contribution in [-0.4, -0.2) is 28.3 Å². The van der Waals surface area contributed by atoms with Crippen LogP contribution in [0, 0.1) is 0 Å². The van der Waals surface area contributed by atoms with E-state index >= 15 is 0 Å². The summed E-state index contributed by atoms with van der Waals surface area (Å²) in [5.74, 6) is 1.09. The molecular formula is C12H13N3O2. The van der Waals surface area contributed by atoms with Gasteiger partial charge in [0.05, 0.1) is 13.5 Å². The predicted octanol–water partition coefficient (Wildman–Crippen LogP) is 1.58. The molecule has 0 bridgehead atoms. The third-order valence-electron chi connectivity index (χ3n) is 2.36. The van der Waals surface area contributed by atoms with Gasteiger partial charge in [-0.1, -0.05) is 30.3 Å². The van der Waals surface area contributed by atoms with Crippen LogP contribution in [0.4, 0.5) is 0 Å². The third-order valence-corrected chi connectivity index (χ3v) is 2.36. The summed E-state index contributed by atoms with van der Waals surface area (Å²) in [5.41, 5.74) is 0.952. The van der Waals surface area contributed by atoms with E-state index in [-0.39, 0.29) is 5.97 Å². The first-order valence-electron chi connectivity index (χ1n) is 5.33. The molecule has 5 nitrogen and oxygen atoms in total. The molecule has 0 fully saturated rings. The number of esters is 1. The molecule has 0 amide bonds. The average Bonchev–Trinajstić information content (AvgIpc) is 2.86. The van der Waals surface area contributed by atoms with Crippen molar-refractivity contribution in [2.75, 3.05) is 7.11 Å². The number of carbonyl (C=O) groups excluding carboxylic acids is 1. The molecule has 5 heteroatoms. The quantitative estimate of drug-likeness (QED) is 0.811. The topological polar surface area (TPSA) is 67.9 Å². The molecule has 0 aliphatic carbocycles. The normalized spacial score (nSPS) is 10.2. The van der Waals surface area contributed by atoms with Gasteiger partial charge < -0.3 is 4.74 Å². The maximum Gasteiger partial charge on any atom is 0.305 e. The van der Waals surface area contributed by atoms with Gasteiger partial charge in [0, 0.05) is 12.0 Å². The van der Waals surface area contributed by atoms with Gasteiger partial charge in [0.1, 0.15) is 5.82 Å². The number of aryl methyl sites for hydroxylation is 1. The number of methoxy groups -OCH3 is 1. The highest BCUT2D eigenvalue weighted by molar-refractivity contribution is 5.69. The van der Waals surface area contributed by atoms with Gasteiger partial charge in [-0.25, -0.2) is 4.98 Å². The molecule has 0 saturated carbocycles. The molecule has 1 N–H and O–H groups in total. The van der Waals surface area contributed by atoms with Crippen LogP contribution in [-0.2, 0) is 16.0 Å². The Hall–Kier alpha value is -2.17. The Morgan fingerprint density at radius 2 is 2.12 bits per heavy atom. The second kappa shape index (κ2) is 5.25. The number of aromatic nitrogens is 3. The van der Waals surface area contributed by atoms with E-state index in [9.17, 15) is 4.79 Å². The van der Waals surface area contributed by atoms with Gasteiger partial charge in [-0.05, 0) is 0 Å². The van der Waals surface area contributed by atoms with Crippen LogP contribution in [0.3, 0.4) is 0 Å². The van der Waals surface area contributed by atoms with Crippen molar-refractivity contribution in [2.45, 2.75) is 12.8 Å². The fourth-order valence-corrected chi connectivity index (χ4v) is 1.45. The van der Waals surface area contributed by atoms with E-state index in [2.05, 4.69) is 19.9 Å². The first-order chi connectivity index (χ1) is 8.29. The minimum atomic E-state index is -0.248. The molecule has 0 atom stereocenters. The van der Waals surface area contributed by atoms with Gasteiger partial charge in [-0.2, -0.15) is 5.10 Å². The van der Waals surface area contributed by atoms with E-state index in [1.165, 1.54) is 7.11 Å².